The van der Waals surface area contributed by atoms with Gasteiger partial charge in [-0.05, 0) is 38.0 Å². The Balaban J connectivity index is 2.60. The van der Waals surface area contributed by atoms with Gasteiger partial charge in [0.2, 0.25) is 0 Å². The summed E-state index contributed by atoms with van der Waals surface area (Å²) in [6, 6.07) is 8.17. The van der Waals surface area contributed by atoms with Gasteiger partial charge in [-0.25, -0.2) is 0 Å². The van der Waals surface area contributed by atoms with Gasteiger partial charge in [-0.15, -0.1) is 0 Å². The first-order valence-corrected chi connectivity index (χ1v) is 6.08. The topological polar surface area (TPSA) is 41.5 Å². The first kappa shape index (κ1) is 14.0. The van der Waals surface area contributed by atoms with E-state index in [4.69, 9.17) is 4.74 Å². The molecule has 2 N–H and O–H groups in total. The van der Waals surface area contributed by atoms with E-state index in [0.29, 0.717) is 6.54 Å². The molecule has 0 spiro atoms. The van der Waals surface area contributed by atoms with Gasteiger partial charge in [0.15, 0.2) is 0 Å². The van der Waals surface area contributed by atoms with Crippen molar-refractivity contribution < 1.29 is 9.84 Å². The highest BCUT2D eigenvalue weighted by atomic mass is 16.5. The van der Waals surface area contributed by atoms with Crippen LogP contribution in [0.3, 0.4) is 0 Å². The molecule has 0 aliphatic carbocycles. The molecule has 0 radical (unpaired) electrons. The standard InChI is InChI=1S/C14H23NO2/c1-5-14(3,16)10-15-11(2)12-7-6-8-13(9-12)17-4/h6-9,11,15-16H,5,10H2,1-4H3. The maximum absolute atomic E-state index is 9.93. The van der Waals surface area contributed by atoms with Gasteiger partial charge in [-0.2, -0.15) is 0 Å². The smallest absolute Gasteiger partial charge is 0.119 e. The molecule has 0 amide bonds. The van der Waals surface area contributed by atoms with E-state index in [9.17, 15) is 5.11 Å². The maximum atomic E-state index is 9.93. The SMILES string of the molecule is CCC(C)(O)CNC(C)c1cccc(OC)c1. The quantitative estimate of drug-likeness (QED) is 0.798. The highest BCUT2D eigenvalue weighted by Crippen LogP contribution is 2.19. The van der Waals surface area contributed by atoms with Crippen molar-refractivity contribution in [3.63, 3.8) is 0 Å². The molecule has 2 atom stereocenters. The molecule has 1 rings (SSSR count). The average Bonchev–Trinajstić information content (AvgIpc) is 2.36. The molecule has 0 aliphatic rings. The Morgan fingerprint density at radius 3 is 2.76 bits per heavy atom. The third-order valence-corrected chi connectivity index (χ3v) is 3.14. The van der Waals surface area contributed by atoms with Gasteiger partial charge in [0.1, 0.15) is 5.75 Å². The second kappa shape index (κ2) is 6.03. The fraction of sp³-hybridized carbons (Fsp3) is 0.571. The molecule has 0 heterocycles. The first-order chi connectivity index (χ1) is 7.98. The van der Waals surface area contributed by atoms with Crippen LogP contribution in [0.1, 0.15) is 38.8 Å². The van der Waals surface area contributed by atoms with Crippen LogP contribution in [0.4, 0.5) is 0 Å². The Hall–Kier alpha value is -1.06. The lowest BCUT2D eigenvalue weighted by Gasteiger charge is -2.24. The van der Waals surface area contributed by atoms with Crippen LogP contribution in [0.25, 0.3) is 0 Å². The lowest BCUT2D eigenvalue weighted by atomic mass is 10.0. The van der Waals surface area contributed by atoms with Crippen molar-refractivity contribution in [1.29, 1.82) is 0 Å². The van der Waals surface area contributed by atoms with Crippen LogP contribution >= 0.6 is 0 Å². The summed E-state index contributed by atoms with van der Waals surface area (Å²) >= 11 is 0. The monoisotopic (exact) mass is 237 g/mol. The summed E-state index contributed by atoms with van der Waals surface area (Å²) in [7, 11) is 1.67. The molecule has 0 saturated carbocycles. The minimum Gasteiger partial charge on any atom is -0.497 e. The Kier molecular flexibility index (Phi) is 4.97. The molecule has 0 fully saturated rings. The number of hydrogen-bond acceptors (Lipinski definition) is 3. The van der Waals surface area contributed by atoms with Crippen molar-refractivity contribution in [3.05, 3.63) is 29.8 Å². The Bertz CT molecular complexity index is 350. The van der Waals surface area contributed by atoms with Crippen LogP contribution in [0.15, 0.2) is 24.3 Å². The lowest BCUT2D eigenvalue weighted by molar-refractivity contribution is 0.0533. The predicted octanol–water partition coefficient (Wildman–Crippen LogP) is 2.51. The largest absolute Gasteiger partial charge is 0.497 e. The molecule has 0 bridgehead atoms. The molecular weight excluding hydrogens is 214 g/mol. The normalized spacial score (nSPS) is 16.3. The molecule has 1 aromatic rings. The third-order valence-electron chi connectivity index (χ3n) is 3.14. The fourth-order valence-corrected chi connectivity index (χ4v) is 1.53. The third kappa shape index (κ3) is 4.36. The van der Waals surface area contributed by atoms with E-state index in [0.717, 1.165) is 17.7 Å². The Morgan fingerprint density at radius 2 is 2.18 bits per heavy atom. The number of ether oxygens (including phenoxy) is 1. The second-order valence-electron chi connectivity index (χ2n) is 4.73. The van der Waals surface area contributed by atoms with Crippen LogP contribution < -0.4 is 10.1 Å². The zero-order chi connectivity index (χ0) is 12.9. The summed E-state index contributed by atoms with van der Waals surface area (Å²) in [5, 5.41) is 13.3. The molecular formula is C14H23NO2. The van der Waals surface area contributed by atoms with Crippen LogP contribution in [0, 0.1) is 0 Å². The molecule has 3 heteroatoms. The minimum absolute atomic E-state index is 0.197. The van der Waals surface area contributed by atoms with Crippen LogP contribution in [-0.2, 0) is 0 Å². The van der Waals surface area contributed by atoms with Gasteiger partial charge in [-0.1, -0.05) is 19.1 Å². The molecule has 3 nitrogen and oxygen atoms in total. The van der Waals surface area contributed by atoms with E-state index in [-0.39, 0.29) is 6.04 Å². The summed E-state index contributed by atoms with van der Waals surface area (Å²) in [6.45, 7) is 6.50. The van der Waals surface area contributed by atoms with Crippen molar-refractivity contribution in [2.24, 2.45) is 0 Å². The zero-order valence-electron chi connectivity index (χ0n) is 11.2. The van der Waals surface area contributed by atoms with Gasteiger partial charge in [0.25, 0.3) is 0 Å². The number of hydrogen-bond donors (Lipinski definition) is 2. The number of nitrogens with one attached hydrogen (secondary N) is 1. The molecule has 0 saturated heterocycles. The number of rotatable bonds is 6. The van der Waals surface area contributed by atoms with E-state index >= 15 is 0 Å². The van der Waals surface area contributed by atoms with E-state index in [1.54, 1.807) is 7.11 Å². The molecule has 0 aromatic heterocycles. The first-order valence-electron chi connectivity index (χ1n) is 6.08. The molecule has 96 valence electrons. The van der Waals surface area contributed by atoms with Crippen molar-refractivity contribution in [2.45, 2.75) is 38.8 Å². The second-order valence-corrected chi connectivity index (χ2v) is 4.73. The Morgan fingerprint density at radius 1 is 1.47 bits per heavy atom. The minimum atomic E-state index is -0.646. The summed E-state index contributed by atoms with van der Waals surface area (Å²) in [6.07, 6.45) is 0.741. The maximum Gasteiger partial charge on any atom is 0.119 e. The molecule has 0 aliphatic heterocycles. The summed E-state index contributed by atoms with van der Waals surface area (Å²) in [5.74, 6) is 0.860. The average molecular weight is 237 g/mol. The summed E-state index contributed by atoms with van der Waals surface area (Å²) in [5.41, 5.74) is 0.517. The van der Waals surface area contributed by atoms with E-state index < -0.39 is 5.60 Å². The van der Waals surface area contributed by atoms with Crippen LogP contribution in [-0.4, -0.2) is 24.4 Å². The van der Waals surface area contributed by atoms with Crippen LogP contribution in [0.2, 0.25) is 0 Å². The van der Waals surface area contributed by atoms with E-state index in [2.05, 4.69) is 18.3 Å². The fourth-order valence-electron chi connectivity index (χ4n) is 1.53. The number of methoxy groups -OCH3 is 1. The van der Waals surface area contributed by atoms with Crippen molar-refractivity contribution in [1.82, 2.24) is 5.32 Å². The van der Waals surface area contributed by atoms with Gasteiger partial charge < -0.3 is 15.2 Å². The van der Waals surface area contributed by atoms with Gasteiger partial charge in [0.05, 0.1) is 12.7 Å². The van der Waals surface area contributed by atoms with Gasteiger partial charge in [-0.3, -0.25) is 0 Å². The van der Waals surface area contributed by atoms with Crippen molar-refractivity contribution in [3.8, 4) is 5.75 Å². The predicted molar refractivity (Wildman–Crippen MR) is 70.3 cm³/mol. The van der Waals surface area contributed by atoms with Crippen molar-refractivity contribution >= 4 is 0 Å². The van der Waals surface area contributed by atoms with Crippen molar-refractivity contribution in [2.75, 3.05) is 13.7 Å². The number of aliphatic hydroxyl groups is 1. The molecule has 17 heavy (non-hydrogen) atoms. The highest BCUT2D eigenvalue weighted by molar-refractivity contribution is 5.30. The zero-order valence-corrected chi connectivity index (χ0v) is 11.2. The summed E-state index contributed by atoms with van der Waals surface area (Å²) in [4.78, 5) is 0. The van der Waals surface area contributed by atoms with E-state index in [1.165, 1.54) is 0 Å². The molecule has 2 unspecified atom stereocenters. The highest BCUT2D eigenvalue weighted by Gasteiger charge is 2.18. The van der Waals surface area contributed by atoms with Gasteiger partial charge >= 0.3 is 0 Å². The van der Waals surface area contributed by atoms with E-state index in [1.807, 2.05) is 32.0 Å². The molecule has 1 aromatic carbocycles. The van der Waals surface area contributed by atoms with Crippen LogP contribution in [0.5, 0.6) is 5.75 Å². The van der Waals surface area contributed by atoms with Gasteiger partial charge in [0, 0.05) is 12.6 Å². The number of benzene rings is 1. The summed E-state index contributed by atoms with van der Waals surface area (Å²) < 4.78 is 5.19. The lowest BCUT2D eigenvalue weighted by Crippen LogP contribution is -2.38. The Labute approximate surface area is 104 Å².